The normalized spacial score (nSPS) is 18.4. The van der Waals surface area contributed by atoms with Gasteiger partial charge in [-0.15, -0.1) is 10.2 Å². The highest BCUT2D eigenvalue weighted by atomic mass is 16.3. The van der Waals surface area contributed by atoms with E-state index in [0.29, 0.717) is 12.1 Å². The number of rotatable bonds is 3. The molecule has 0 aromatic rings. The van der Waals surface area contributed by atoms with E-state index < -0.39 is 6.10 Å². The van der Waals surface area contributed by atoms with Gasteiger partial charge < -0.3 is 10.8 Å². The van der Waals surface area contributed by atoms with Crippen molar-refractivity contribution >= 4 is 11.9 Å². The highest BCUT2D eigenvalue weighted by Crippen LogP contribution is 1.94. The fourth-order valence-corrected chi connectivity index (χ4v) is 0.620. The summed E-state index contributed by atoms with van der Waals surface area (Å²) in [5, 5.41) is 16.1. The maximum absolute atomic E-state index is 9.01. The second-order valence-electron chi connectivity index (χ2n) is 2.02. The van der Waals surface area contributed by atoms with Gasteiger partial charge in [-0.2, -0.15) is 0 Å². The summed E-state index contributed by atoms with van der Waals surface area (Å²) in [7, 11) is 0. The predicted molar refractivity (Wildman–Crippen MR) is 37.7 cm³/mol. The first-order valence-corrected chi connectivity index (χ1v) is 3.01. The van der Waals surface area contributed by atoms with Crippen LogP contribution in [0.4, 0.5) is 0 Å². The van der Waals surface area contributed by atoms with Gasteiger partial charge in [0, 0.05) is 13.0 Å². The van der Waals surface area contributed by atoms with E-state index in [1.165, 1.54) is 6.21 Å². The van der Waals surface area contributed by atoms with Crippen LogP contribution >= 0.6 is 0 Å². The molecule has 0 spiro atoms. The molecule has 0 aromatic carbocycles. The lowest BCUT2D eigenvalue weighted by Crippen LogP contribution is -2.23. The Labute approximate surface area is 58.6 Å². The average molecular weight is 141 g/mol. The molecule has 0 aliphatic carbocycles. The molecule has 55 valence electrons. The molecule has 0 saturated heterocycles. The molecule has 1 atom stereocenters. The molecule has 0 fully saturated rings. The van der Waals surface area contributed by atoms with Crippen molar-refractivity contribution in [1.82, 2.24) is 5.53 Å². The van der Waals surface area contributed by atoms with Gasteiger partial charge in [0.25, 0.3) is 0 Å². The van der Waals surface area contributed by atoms with Crippen LogP contribution in [0.15, 0.2) is 10.2 Å². The van der Waals surface area contributed by atoms with Crippen LogP contribution in [0.3, 0.4) is 0 Å². The number of hydrogen-bond acceptors (Lipinski definition) is 4. The van der Waals surface area contributed by atoms with Gasteiger partial charge >= 0.3 is 0 Å². The van der Waals surface area contributed by atoms with E-state index in [9.17, 15) is 0 Å². The van der Waals surface area contributed by atoms with Crippen molar-refractivity contribution in [2.75, 3.05) is 6.54 Å². The highest BCUT2D eigenvalue weighted by molar-refractivity contribution is 6.31. The van der Waals surface area contributed by atoms with Crippen LogP contribution in [0, 0.1) is 0 Å². The molecule has 1 radical (unpaired) electrons. The number of aliphatic hydroxyl groups excluding tert-OH is 1. The van der Waals surface area contributed by atoms with Gasteiger partial charge in [-0.05, 0) is 5.53 Å². The zero-order valence-electron chi connectivity index (χ0n) is 5.44. The van der Waals surface area contributed by atoms with Crippen LogP contribution < -0.4 is 11.3 Å². The SMILES string of the molecule is NC[C@@H](O)CC1=N[N]N=C1. The average Bonchev–Trinajstić information content (AvgIpc) is 2.40. The Morgan fingerprint density at radius 1 is 1.70 bits per heavy atom. The summed E-state index contributed by atoms with van der Waals surface area (Å²) in [4.78, 5) is 0. The van der Waals surface area contributed by atoms with Gasteiger partial charge in [-0.25, -0.2) is 0 Å². The Morgan fingerprint density at radius 3 is 3.00 bits per heavy atom. The summed E-state index contributed by atoms with van der Waals surface area (Å²) in [6.45, 7) is 0.243. The van der Waals surface area contributed by atoms with Gasteiger partial charge in [0.2, 0.25) is 0 Å². The van der Waals surface area contributed by atoms with Crippen LogP contribution in [0.2, 0.25) is 0 Å². The topological polar surface area (TPSA) is 85.1 Å². The Bertz CT molecular complexity index is 165. The largest absolute Gasteiger partial charge is 0.391 e. The lowest BCUT2D eigenvalue weighted by molar-refractivity contribution is 0.191. The summed E-state index contributed by atoms with van der Waals surface area (Å²) in [6.07, 6.45) is 1.42. The van der Waals surface area contributed by atoms with E-state index in [2.05, 4.69) is 15.7 Å². The Morgan fingerprint density at radius 2 is 2.50 bits per heavy atom. The third-order valence-corrected chi connectivity index (χ3v) is 1.15. The number of aliphatic hydroxyl groups is 1. The van der Waals surface area contributed by atoms with E-state index in [1.807, 2.05) is 0 Å². The molecular formula is C5H9N4O. The first-order chi connectivity index (χ1) is 4.83. The molecule has 1 heterocycles. The van der Waals surface area contributed by atoms with E-state index in [0.717, 1.165) is 0 Å². The molecule has 1 aliphatic rings. The lowest BCUT2D eigenvalue weighted by Gasteiger charge is -2.02. The smallest absolute Gasteiger partial charge is 0.0876 e. The number of hydrogen-bond donors (Lipinski definition) is 2. The van der Waals surface area contributed by atoms with Crippen LogP contribution in [0.1, 0.15) is 6.42 Å². The monoisotopic (exact) mass is 141 g/mol. The minimum atomic E-state index is -0.529. The minimum absolute atomic E-state index is 0.243. The quantitative estimate of drug-likeness (QED) is 0.509. The van der Waals surface area contributed by atoms with Gasteiger partial charge in [0.1, 0.15) is 0 Å². The standard InChI is InChI=1S/C5H9N4O/c6-2-5(10)1-4-3-7-9-8-4/h3,5,10H,1-2,6H2/t5-/m0/s1. The van der Waals surface area contributed by atoms with Crippen molar-refractivity contribution in [1.29, 1.82) is 0 Å². The zero-order chi connectivity index (χ0) is 7.40. The fourth-order valence-electron chi connectivity index (χ4n) is 0.620. The molecule has 1 rings (SSSR count). The molecule has 0 aromatic heterocycles. The van der Waals surface area contributed by atoms with Crippen molar-refractivity contribution in [3.05, 3.63) is 0 Å². The fraction of sp³-hybridized carbons (Fsp3) is 0.600. The minimum Gasteiger partial charge on any atom is -0.391 e. The third kappa shape index (κ3) is 1.78. The van der Waals surface area contributed by atoms with Crippen molar-refractivity contribution in [2.24, 2.45) is 15.9 Å². The van der Waals surface area contributed by atoms with Crippen molar-refractivity contribution < 1.29 is 5.11 Å². The molecule has 5 nitrogen and oxygen atoms in total. The summed E-state index contributed by atoms with van der Waals surface area (Å²) in [5.74, 6) is 0. The second kappa shape index (κ2) is 3.28. The maximum Gasteiger partial charge on any atom is 0.0876 e. The van der Waals surface area contributed by atoms with Crippen LogP contribution in [-0.4, -0.2) is 29.7 Å². The predicted octanol–water partition coefficient (Wildman–Crippen LogP) is -1.34. The van der Waals surface area contributed by atoms with E-state index in [4.69, 9.17) is 10.8 Å². The second-order valence-corrected chi connectivity index (χ2v) is 2.02. The molecule has 0 unspecified atom stereocenters. The highest BCUT2D eigenvalue weighted by Gasteiger charge is 2.08. The van der Waals surface area contributed by atoms with Crippen molar-refractivity contribution in [3.8, 4) is 0 Å². The summed E-state index contributed by atoms with van der Waals surface area (Å²) < 4.78 is 0. The Kier molecular flexibility index (Phi) is 2.35. The zero-order valence-corrected chi connectivity index (χ0v) is 5.44. The molecular weight excluding hydrogens is 132 g/mol. The molecule has 0 amide bonds. The van der Waals surface area contributed by atoms with E-state index in [-0.39, 0.29) is 6.54 Å². The molecule has 0 saturated carbocycles. The molecule has 1 aliphatic heterocycles. The van der Waals surface area contributed by atoms with Crippen LogP contribution in [0.5, 0.6) is 0 Å². The van der Waals surface area contributed by atoms with Gasteiger partial charge in [-0.1, -0.05) is 0 Å². The van der Waals surface area contributed by atoms with Gasteiger partial charge in [0.15, 0.2) is 0 Å². The first-order valence-electron chi connectivity index (χ1n) is 3.01. The van der Waals surface area contributed by atoms with Crippen molar-refractivity contribution in [2.45, 2.75) is 12.5 Å². The van der Waals surface area contributed by atoms with Gasteiger partial charge in [0.05, 0.1) is 18.0 Å². The molecule has 5 heteroatoms. The molecule has 3 N–H and O–H groups in total. The first kappa shape index (κ1) is 7.17. The Hall–Kier alpha value is -0.940. The van der Waals surface area contributed by atoms with Crippen LogP contribution in [0.25, 0.3) is 0 Å². The third-order valence-electron chi connectivity index (χ3n) is 1.15. The Balaban J connectivity index is 2.31. The van der Waals surface area contributed by atoms with Gasteiger partial charge in [-0.3, -0.25) is 0 Å². The number of nitrogens with two attached hydrogens (primary N) is 1. The summed E-state index contributed by atoms with van der Waals surface area (Å²) >= 11 is 0. The molecule has 0 bridgehead atoms. The summed E-state index contributed by atoms with van der Waals surface area (Å²) in [5.41, 5.74) is 9.21. The maximum atomic E-state index is 9.01. The van der Waals surface area contributed by atoms with E-state index in [1.54, 1.807) is 0 Å². The molecule has 10 heavy (non-hydrogen) atoms. The summed E-state index contributed by atoms with van der Waals surface area (Å²) in [6, 6.07) is 0. The number of nitrogens with zero attached hydrogens (tertiary/aromatic N) is 3. The lowest BCUT2D eigenvalue weighted by atomic mass is 10.2. The van der Waals surface area contributed by atoms with E-state index >= 15 is 0 Å². The van der Waals surface area contributed by atoms with Crippen molar-refractivity contribution in [3.63, 3.8) is 0 Å². The van der Waals surface area contributed by atoms with Crippen LogP contribution in [-0.2, 0) is 0 Å².